The lowest BCUT2D eigenvalue weighted by Gasteiger charge is -2.33. The maximum absolute atomic E-state index is 11.3. The van der Waals surface area contributed by atoms with Gasteiger partial charge in [0.1, 0.15) is 5.60 Å². The quantitative estimate of drug-likeness (QED) is 0.492. The fourth-order valence-corrected chi connectivity index (χ4v) is 3.26. The van der Waals surface area contributed by atoms with Crippen LogP contribution >= 0.6 is 0 Å². The van der Waals surface area contributed by atoms with Crippen LogP contribution in [0.1, 0.15) is 51.9 Å². The number of rotatable bonds is 4. The second kappa shape index (κ2) is 6.55. The summed E-state index contributed by atoms with van der Waals surface area (Å²) < 4.78 is 4.62. The summed E-state index contributed by atoms with van der Waals surface area (Å²) in [7, 11) is 1.32. The van der Waals surface area contributed by atoms with Gasteiger partial charge in [-0.3, -0.25) is 0 Å². The third-order valence-electron chi connectivity index (χ3n) is 4.93. The van der Waals surface area contributed by atoms with Crippen molar-refractivity contribution < 1.29 is 14.6 Å². The lowest BCUT2D eigenvalue weighted by Crippen LogP contribution is -2.44. The first-order chi connectivity index (χ1) is 10.5. The van der Waals surface area contributed by atoms with Gasteiger partial charge in [0.15, 0.2) is 0 Å². The average Bonchev–Trinajstić information content (AvgIpc) is 3.16. The average molecular weight is 301 g/mol. The van der Waals surface area contributed by atoms with Crippen LogP contribution in [0, 0.1) is 34.5 Å². The molecule has 2 aliphatic carbocycles. The van der Waals surface area contributed by atoms with Gasteiger partial charge in [-0.15, -0.1) is 0 Å². The molecule has 0 amide bonds. The smallest absolute Gasteiger partial charge is 0.331 e. The summed E-state index contributed by atoms with van der Waals surface area (Å²) in [5, 5.41) is 20.7. The Hall–Kier alpha value is -1.78. The Bertz CT molecular complexity index is 565. The number of carbonyl (C=O) groups is 1. The molecule has 1 N–H and O–H groups in total. The third-order valence-corrected chi connectivity index (χ3v) is 4.93. The number of nitriles is 1. The fraction of sp³-hybridized carbons (Fsp3) is 0.667. The molecule has 1 unspecified atom stereocenters. The highest BCUT2D eigenvalue weighted by atomic mass is 16.5. The Morgan fingerprint density at radius 1 is 1.45 bits per heavy atom. The van der Waals surface area contributed by atoms with Gasteiger partial charge in [-0.2, -0.15) is 5.26 Å². The molecule has 2 fully saturated rings. The van der Waals surface area contributed by atoms with Gasteiger partial charge >= 0.3 is 5.97 Å². The van der Waals surface area contributed by atoms with Crippen molar-refractivity contribution in [2.24, 2.45) is 11.3 Å². The second-order valence-corrected chi connectivity index (χ2v) is 6.24. The van der Waals surface area contributed by atoms with Crippen LogP contribution in [0.15, 0.2) is 11.6 Å². The number of esters is 1. The summed E-state index contributed by atoms with van der Waals surface area (Å²) >= 11 is 0. The molecule has 2 rings (SSSR count). The SMILES string of the molecule is CC/C(C#CC(O)(C1CCCC1)C1(C#N)CC1)=C/C(=O)OC. The van der Waals surface area contributed by atoms with Gasteiger partial charge in [-0.1, -0.05) is 31.6 Å². The minimum Gasteiger partial charge on any atom is -0.466 e. The van der Waals surface area contributed by atoms with E-state index in [1.54, 1.807) is 0 Å². The predicted octanol–water partition coefficient (Wildman–Crippen LogP) is 2.72. The van der Waals surface area contributed by atoms with Crippen LogP contribution in [0.3, 0.4) is 0 Å². The largest absolute Gasteiger partial charge is 0.466 e. The molecule has 0 saturated heterocycles. The Labute approximate surface area is 132 Å². The molecule has 0 aromatic heterocycles. The van der Waals surface area contributed by atoms with E-state index in [9.17, 15) is 15.2 Å². The number of hydrogen-bond donors (Lipinski definition) is 1. The van der Waals surface area contributed by atoms with Crippen LogP contribution in [0.4, 0.5) is 0 Å². The molecular weight excluding hydrogens is 278 g/mol. The molecule has 4 nitrogen and oxygen atoms in total. The topological polar surface area (TPSA) is 70.3 Å². The highest BCUT2D eigenvalue weighted by Crippen LogP contribution is 2.58. The summed E-state index contributed by atoms with van der Waals surface area (Å²) in [6.07, 6.45) is 7.33. The van der Waals surface area contributed by atoms with E-state index in [1.165, 1.54) is 13.2 Å². The normalized spacial score (nSPS) is 22.9. The predicted molar refractivity (Wildman–Crippen MR) is 82.4 cm³/mol. The fourth-order valence-electron chi connectivity index (χ4n) is 3.26. The van der Waals surface area contributed by atoms with Crippen molar-refractivity contribution in [1.29, 1.82) is 5.26 Å². The van der Waals surface area contributed by atoms with Gasteiger partial charge in [0.2, 0.25) is 0 Å². The van der Waals surface area contributed by atoms with Crippen molar-refractivity contribution in [1.82, 2.24) is 0 Å². The zero-order valence-electron chi connectivity index (χ0n) is 13.3. The van der Waals surface area contributed by atoms with Gasteiger partial charge in [-0.25, -0.2) is 4.79 Å². The second-order valence-electron chi connectivity index (χ2n) is 6.24. The monoisotopic (exact) mass is 301 g/mol. The third kappa shape index (κ3) is 3.03. The van der Waals surface area contributed by atoms with E-state index in [4.69, 9.17) is 0 Å². The van der Waals surface area contributed by atoms with E-state index in [1.807, 2.05) is 6.92 Å². The number of hydrogen-bond acceptors (Lipinski definition) is 4. The van der Waals surface area contributed by atoms with Gasteiger partial charge in [0.25, 0.3) is 0 Å². The van der Waals surface area contributed by atoms with E-state index in [0.717, 1.165) is 25.7 Å². The highest BCUT2D eigenvalue weighted by Gasteiger charge is 2.62. The molecule has 118 valence electrons. The molecule has 4 heteroatoms. The molecule has 0 bridgehead atoms. The minimum absolute atomic E-state index is 0.0541. The number of ether oxygens (including phenoxy) is 1. The molecule has 22 heavy (non-hydrogen) atoms. The van der Waals surface area contributed by atoms with Crippen LogP contribution < -0.4 is 0 Å². The van der Waals surface area contributed by atoms with Crippen molar-refractivity contribution >= 4 is 5.97 Å². The Morgan fingerprint density at radius 3 is 2.55 bits per heavy atom. The maximum atomic E-state index is 11.3. The maximum Gasteiger partial charge on any atom is 0.331 e. The number of nitrogens with zero attached hydrogens (tertiary/aromatic N) is 1. The Kier molecular flexibility index (Phi) is 4.94. The van der Waals surface area contributed by atoms with E-state index in [2.05, 4.69) is 22.6 Å². The van der Waals surface area contributed by atoms with E-state index < -0.39 is 17.0 Å². The van der Waals surface area contributed by atoms with Gasteiger partial charge in [0, 0.05) is 17.6 Å². The van der Waals surface area contributed by atoms with Gasteiger partial charge < -0.3 is 9.84 Å². The molecule has 2 aliphatic rings. The summed E-state index contributed by atoms with van der Waals surface area (Å²) in [4.78, 5) is 11.3. The van der Waals surface area contributed by atoms with E-state index in [0.29, 0.717) is 24.8 Å². The summed E-state index contributed by atoms with van der Waals surface area (Å²) in [5.74, 6) is 5.53. The number of aliphatic hydroxyl groups is 1. The van der Waals surface area contributed by atoms with Crippen LogP contribution in [0.2, 0.25) is 0 Å². The molecule has 2 saturated carbocycles. The Morgan fingerprint density at radius 2 is 2.09 bits per heavy atom. The molecule has 0 heterocycles. The lowest BCUT2D eigenvalue weighted by molar-refractivity contribution is -0.134. The van der Waals surface area contributed by atoms with Crippen molar-refractivity contribution in [2.75, 3.05) is 7.11 Å². The van der Waals surface area contributed by atoms with Crippen LogP contribution in [0.5, 0.6) is 0 Å². The zero-order chi connectivity index (χ0) is 16.2. The molecule has 0 spiro atoms. The van der Waals surface area contributed by atoms with E-state index >= 15 is 0 Å². The van der Waals surface area contributed by atoms with Crippen molar-refractivity contribution in [2.45, 2.75) is 57.5 Å². The first-order valence-corrected chi connectivity index (χ1v) is 7.96. The van der Waals surface area contributed by atoms with Gasteiger partial charge in [0.05, 0.1) is 18.6 Å². The first-order valence-electron chi connectivity index (χ1n) is 7.96. The zero-order valence-corrected chi connectivity index (χ0v) is 13.3. The summed E-state index contributed by atoms with van der Waals surface area (Å²) in [6, 6.07) is 2.30. The highest BCUT2D eigenvalue weighted by molar-refractivity contribution is 5.83. The Balaban J connectivity index is 2.32. The number of carbonyl (C=O) groups excluding carboxylic acids is 1. The number of allylic oxidation sites excluding steroid dienone is 1. The molecule has 0 radical (unpaired) electrons. The van der Waals surface area contributed by atoms with E-state index in [-0.39, 0.29) is 5.92 Å². The standard InChI is InChI=1S/C18H23NO3/c1-3-14(12-16(20)22-2)8-9-18(21,15-6-4-5-7-15)17(13-19)10-11-17/h12,15,21H,3-7,10-11H2,1-2H3/b14-12-. The van der Waals surface area contributed by atoms with Crippen LogP contribution in [0.25, 0.3) is 0 Å². The minimum atomic E-state index is -1.26. The molecule has 0 aromatic rings. The molecule has 0 aromatic carbocycles. The molecule has 0 aliphatic heterocycles. The van der Waals surface area contributed by atoms with Crippen LogP contribution in [-0.2, 0) is 9.53 Å². The number of methoxy groups -OCH3 is 1. The summed E-state index contributed by atoms with van der Waals surface area (Å²) in [6.45, 7) is 1.90. The van der Waals surface area contributed by atoms with Gasteiger partial charge in [-0.05, 0) is 32.1 Å². The molecular formula is C18H23NO3. The first kappa shape index (κ1) is 16.6. The lowest BCUT2D eigenvalue weighted by atomic mass is 9.74. The van der Waals surface area contributed by atoms with Crippen molar-refractivity contribution in [3.05, 3.63) is 11.6 Å². The summed E-state index contributed by atoms with van der Waals surface area (Å²) in [5.41, 5.74) is -1.36. The van der Waals surface area contributed by atoms with Crippen LogP contribution in [-0.4, -0.2) is 23.8 Å². The van der Waals surface area contributed by atoms with Crippen molar-refractivity contribution in [3.8, 4) is 17.9 Å². The molecule has 1 atom stereocenters. The van der Waals surface area contributed by atoms with Crippen molar-refractivity contribution in [3.63, 3.8) is 0 Å².